The third kappa shape index (κ3) is 3.55. The number of rotatable bonds is 4. The van der Waals surface area contributed by atoms with Crippen LogP contribution in [-0.2, 0) is 5.41 Å². The van der Waals surface area contributed by atoms with Crippen molar-refractivity contribution in [3.8, 4) is 22.3 Å². The minimum Gasteiger partial charge on any atom is -0.355 e. The first-order valence-corrected chi connectivity index (χ1v) is 12.7. The monoisotopic (exact) mass is 444 g/mol. The molecule has 0 saturated heterocycles. The molecule has 1 fully saturated rings. The fraction of sp³-hybridized carbons (Fsp3) is 0.273. The van der Waals surface area contributed by atoms with Crippen molar-refractivity contribution in [2.24, 2.45) is 0 Å². The molecule has 0 aliphatic heterocycles. The molecule has 2 aliphatic rings. The van der Waals surface area contributed by atoms with Crippen molar-refractivity contribution >= 4 is 11.4 Å². The molecule has 4 aromatic rings. The van der Waals surface area contributed by atoms with Gasteiger partial charge in [-0.3, -0.25) is 0 Å². The Balaban J connectivity index is 1.39. The Morgan fingerprint density at radius 2 is 1.32 bits per heavy atom. The van der Waals surface area contributed by atoms with Crippen LogP contribution in [-0.4, -0.2) is 0 Å². The van der Waals surface area contributed by atoms with Crippen LogP contribution in [0.1, 0.15) is 69.9 Å². The van der Waals surface area contributed by atoms with Gasteiger partial charge in [-0.2, -0.15) is 0 Å². The first-order chi connectivity index (χ1) is 17.0. The third-order valence-corrected chi connectivity index (χ3v) is 7.84. The van der Waals surface area contributed by atoms with E-state index in [1.807, 2.05) is 0 Å². The molecule has 0 heterocycles. The van der Waals surface area contributed by atoms with E-state index < -0.39 is 5.89 Å². The number of anilines is 2. The molecule has 0 atom stereocenters. The lowest BCUT2D eigenvalue weighted by molar-refractivity contribution is 0.444. The van der Waals surface area contributed by atoms with Gasteiger partial charge in [0.15, 0.2) is 0 Å². The lowest BCUT2D eigenvalue weighted by Crippen LogP contribution is -2.15. The summed E-state index contributed by atoms with van der Waals surface area (Å²) in [6.45, 7) is 4.65. The quantitative estimate of drug-likeness (QED) is 0.330. The minimum absolute atomic E-state index is 0.0195. The van der Waals surface area contributed by atoms with Gasteiger partial charge >= 0.3 is 0 Å². The Hall–Kier alpha value is -3.32. The Morgan fingerprint density at radius 3 is 2.15 bits per heavy atom. The predicted molar refractivity (Wildman–Crippen MR) is 145 cm³/mol. The van der Waals surface area contributed by atoms with Crippen molar-refractivity contribution < 1.29 is 1.37 Å². The molecule has 1 N–H and O–H groups in total. The number of hydrogen-bond donors (Lipinski definition) is 1. The van der Waals surface area contributed by atoms with Gasteiger partial charge in [-0.15, -0.1) is 0 Å². The maximum Gasteiger partial charge on any atom is 0.0464 e. The van der Waals surface area contributed by atoms with Crippen molar-refractivity contribution in [1.29, 1.82) is 0 Å². The van der Waals surface area contributed by atoms with E-state index in [2.05, 4.69) is 110 Å². The summed E-state index contributed by atoms with van der Waals surface area (Å²) in [5, 5.41) is 3.75. The summed E-state index contributed by atoms with van der Waals surface area (Å²) >= 11 is 0. The molecule has 0 radical (unpaired) electrons. The molecule has 0 bridgehead atoms. The fourth-order valence-corrected chi connectivity index (χ4v) is 6.04. The van der Waals surface area contributed by atoms with E-state index >= 15 is 0 Å². The van der Waals surface area contributed by atoms with Crippen molar-refractivity contribution in [2.75, 3.05) is 5.32 Å². The van der Waals surface area contributed by atoms with Gasteiger partial charge in [0.2, 0.25) is 0 Å². The molecular formula is C33H33N. The van der Waals surface area contributed by atoms with E-state index in [-0.39, 0.29) is 5.41 Å². The van der Waals surface area contributed by atoms with Gasteiger partial charge in [0, 0.05) is 23.7 Å². The average molecular weight is 445 g/mol. The van der Waals surface area contributed by atoms with Gasteiger partial charge in [-0.05, 0) is 70.3 Å². The highest BCUT2D eigenvalue weighted by Gasteiger charge is 2.35. The zero-order chi connectivity index (χ0) is 24.0. The molecule has 0 unspecified atom stereocenters. The van der Waals surface area contributed by atoms with Gasteiger partial charge in [-0.25, -0.2) is 0 Å². The fourth-order valence-electron chi connectivity index (χ4n) is 6.04. The van der Waals surface area contributed by atoms with Gasteiger partial charge in [0.05, 0.1) is 0 Å². The second-order valence-electron chi connectivity index (χ2n) is 10.3. The Morgan fingerprint density at radius 1 is 0.676 bits per heavy atom. The van der Waals surface area contributed by atoms with Gasteiger partial charge in [-0.1, -0.05) is 106 Å². The van der Waals surface area contributed by atoms with Gasteiger partial charge in [0.25, 0.3) is 0 Å². The van der Waals surface area contributed by atoms with Gasteiger partial charge < -0.3 is 5.32 Å². The Bertz CT molecular complexity index is 1390. The molecule has 4 aromatic carbocycles. The van der Waals surface area contributed by atoms with Gasteiger partial charge in [0.1, 0.15) is 0 Å². The molecule has 0 amide bonds. The summed E-state index contributed by atoms with van der Waals surface area (Å²) in [5.41, 5.74) is 11.1. The highest BCUT2D eigenvalue weighted by molar-refractivity contribution is 5.86. The SMILES string of the molecule is [2H]C1(c2ccccc2-c2ccccc2Nc2ccc3c(c2)C(C)(C)c2ccccc2-3)CCCCC1. The first kappa shape index (κ1) is 20.1. The molecular weight excluding hydrogens is 410 g/mol. The van der Waals surface area contributed by atoms with Crippen LogP contribution in [0.5, 0.6) is 0 Å². The number of benzene rings is 4. The van der Waals surface area contributed by atoms with Crippen LogP contribution in [0.4, 0.5) is 11.4 Å². The molecule has 1 nitrogen and oxygen atoms in total. The van der Waals surface area contributed by atoms with Crippen molar-refractivity contribution in [3.05, 3.63) is 108 Å². The van der Waals surface area contributed by atoms with Crippen LogP contribution in [0.25, 0.3) is 22.3 Å². The third-order valence-electron chi connectivity index (χ3n) is 7.84. The lowest BCUT2D eigenvalue weighted by atomic mass is 9.80. The number of hydrogen-bond acceptors (Lipinski definition) is 1. The Kier molecular flexibility index (Phi) is 5.01. The summed E-state index contributed by atoms with van der Waals surface area (Å²) in [6.07, 6.45) is 5.43. The lowest BCUT2D eigenvalue weighted by Gasteiger charge is -2.25. The first-order valence-electron chi connectivity index (χ1n) is 13.2. The molecule has 2 aliphatic carbocycles. The molecule has 6 rings (SSSR count). The second kappa shape index (κ2) is 8.47. The standard InChI is InChI=1S/C33H33N/c1-33(2)30-18-10-8-16-27(30)28-21-20-24(22-31(28)33)34-32-19-11-9-17-29(32)26-15-7-6-14-25(26)23-12-4-3-5-13-23/h6-11,14-23,34H,3-5,12-13H2,1-2H3/i23D. The topological polar surface area (TPSA) is 12.0 Å². The van der Waals surface area contributed by atoms with Crippen molar-refractivity contribution in [3.63, 3.8) is 0 Å². The smallest absolute Gasteiger partial charge is 0.0464 e. The minimum atomic E-state index is -0.495. The van der Waals surface area contributed by atoms with Crippen LogP contribution in [0.3, 0.4) is 0 Å². The molecule has 0 spiro atoms. The van der Waals surface area contributed by atoms with Crippen molar-refractivity contribution in [1.82, 2.24) is 0 Å². The molecule has 170 valence electrons. The van der Waals surface area contributed by atoms with Crippen LogP contribution in [0, 0.1) is 0 Å². The average Bonchev–Trinajstić information content (AvgIpc) is 3.11. The van der Waals surface area contributed by atoms with E-state index in [0.29, 0.717) is 0 Å². The van der Waals surface area contributed by atoms with Crippen LogP contribution in [0.2, 0.25) is 0 Å². The maximum absolute atomic E-state index is 9.31. The van der Waals surface area contributed by atoms with Crippen molar-refractivity contribution in [2.45, 2.75) is 57.3 Å². The molecule has 1 heteroatoms. The number of para-hydroxylation sites is 1. The molecule has 1 saturated carbocycles. The van der Waals surface area contributed by atoms with Crippen LogP contribution in [0.15, 0.2) is 91.0 Å². The maximum atomic E-state index is 9.31. The molecule has 0 aromatic heterocycles. The summed E-state index contributed by atoms with van der Waals surface area (Å²) in [5.74, 6) is -0.495. The van der Waals surface area contributed by atoms with E-state index in [0.717, 1.165) is 37.1 Å². The largest absolute Gasteiger partial charge is 0.355 e. The summed E-state index contributed by atoms with van der Waals surface area (Å²) in [6, 6.07) is 32.7. The summed E-state index contributed by atoms with van der Waals surface area (Å²) in [7, 11) is 0. The number of nitrogens with one attached hydrogen (secondary N) is 1. The number of fused-ring (bicyclic) bond motifs is 3. The predicted octanol–water partition coefficient (Wildman–Crippen LogP) is 9.45. The van der Waals surface area contributed by atoms with E-state index in [1.54, 1.807) is 0 Å². The van der Waals surface area contributed by atoms with E-state index in [9.17, 15) is 1.37 Å². The second-order valence-corrected chi connectivity index (χ2v) is 10.3. The summed E-state index contributed by atoms with van der Waals surface area (Å²) < 4.78 is 9.31. The van der Waals surface area contributed by atoms with Crippen LogP contribution < -0.4 is 5.32 Å². The normalized spacial score (nSPS) is 18.0. The highest BCUT2D eigenvalue weighted by atomic mass is 14.9. The highest BCUT2D eigenvalue weighted by Crippen LogP contribution is 2.49. The van der Waals surface area contributed by atoms with E-state index in [1.165, 1.54) is 45.4 Å². The zero-order valence-corrected chi connectivity index (χ0v) is 20.2. The Labute approximate surface area is 205 Å². The summed E-state index contributed by atoms with van der Waals surface area (Å²) in [4.78, 5) is 0. The van der Waals surface area contributed by atoms with E-state index in [4.69, 9.17) is 0 Å². The van der Waals surface area contributed by atoms with Crippen LogP contribution >= 0.6 is 0 Å². The zero-order valence-electron chi connectivity index (χ0n) is 21.2. The molecule has 34 heavy (non-hydrogen) atoms.